The summed E-state index contributed by atoms with van der Waals surface area (Å²) in [7, 11) is -5.38. The van der Waals surface area contributed by atoms with E-state index in [1.807, 2.05) is 0 Å². The molecule has 2 aromatic rings. The molecule has 0 amide bonds. The summed E-state index contributed by atoms with van der Waals surface area (Å²) >= 11 is 0. The minimum absolute atomic E-state index is 1.10. The lowest BCUT2D eigenvalue weighted by molar-refractivity contribution is 1.02. The highest BCUT2D eigenvalue weighted by atomic mass is 28.4. The fourth-order valence-corrected chi connectivity index (χ4v) is 26.4. The van der Waals surface area contributed by atoms with Crippen LogP contribution in [0.1, 0.15) is 41.5 Å². The van der Waals surface area contributed by atoms with Crippen LogP contribution in [0, 0.1) is 0 Å². The molecule has 0 unspecified atom stereocenters. The van der Waals surface area contributed by atoms with E-state index in [1.54, 1.807) is 0 Å². The highest BCUT2D eigenvalue weighted by molar-refractivity contribution is 7.02. The zero-order chi connectivity index (χ0) is 25.9. The van der Waals surface area contributed by atoms with Crippen LogP contribution in [0.3, 0.4) is 0 Å². The number of nitrogens with one attached hydrogen (secondary N) is 2. The van der Waals surface area contributed by atoms with E-state index in [0.29, 0.717) is 0 Å². The van der Waals surface area contributed by atoms with Crippen molar-refractivity contribution >= 4 is 43.3 Å². The summed E-state index contributed by atoms with van der Waals surface area (Å²) in [4.78, 5) is 0. The lowest BCUT2D eigenvalue weighted by Crippen LogP contribution is -2.69. The second-order valence-electron chi connectivity index (χ2n) is 10.9. The molecule has 0 aliphatic rings. The van der Waals surface area contributed by atoms with E-state index in [9.17, 15) is 0 Å². The van der Waals surface area contributed by atoms with Crippen molar-refractivity contribution < 1.29 is 0 Å². The highest BCUT2D eigenvalue weighted by Crippen LogP contribution is 2.25. The SMILES string of the molecule is CC[Si](CC)(CC)N[Si](CC)(CC)CC.C[Si](C)(N[Si](C)(C)c1ccccc1)c1ccccc1. The summed E-state index contributed by atoms with van der Waals surface area (Å²) in [5, 5.41) is 2.96. The predicted molar refractivity (Wildman–Crippen MR) is 168 cm³/mol. The standard InChI is InChI=1S/C16H23NSi2.C12H31NSi2/c1-18(2,15-11-7-5-8-12-15)17-19(3,4)16-13-9-6-10-14-16;1-7-14(8-2,9-3)13-15(10-4,11-5)12-6/h5-14,17H,1-4H3;13H,7-12H2,1-6H3. The molecule has 6 heteroatoms. The van der Waals surface area contributed by atoms with Crippen molar-refractivity contribution in [1.82, 2.24) is 9.30 Å². The van der Waals surface area contributed by atoms with Gasteiger partial charge in [0, 0.05) is 0 Å². The number of hydrogen-bond acceptors (Lipinski definition) is 2. The molecular formula is C28H54N2Si4. The van der Waals surface area contributed by atoms with Gasteiger partial charge in [-0.25, -0.2) is 0 Å². The van der Waals surface area contributed by atoms with Gasteiger partial charge in [0.1, 0.15) is 32.9 Å². The molecule has 2 rings (SSSR count). The van der Waals surface area contributed by atoms with Gasteiger partial charge in [0.05, 0.1) is 0 Å². The largest absolute Gasteiger partial charge is 0.359 e. The molecule has 192 valence electrons. The summed E-state index contributed by atoms with van der Waals surface area (Å²) in [5.41, 5.74) is 0. The van der Waals surface area contributed by atoms with Gasteiger partial charge < -0.3 is 9.30 Å². The maximum atomic E-state index is 4.26. The molecule has 0 aliphatic carbocycles. The van der Waals surface area contributed by atoms with Crippen LogP contribution in [0.25, 0.3) is 0 Å². The van der Waals surface area contributed by atoms with Crippen LogP contribution in [-0.4, -0.2) is 32.9 Å². The Hall–Kier alpha value is -0.772. The van der Waals surface area contributed by atoms with Crippen molar-refractivity contribution in [2.75, 3.05) is 0 Å². The first-order valence-corrected chi connectivity index (χ1v) is 24.9. The Morgan fingerprint density at radius 3 is 0.941 bits per heavy atom. The second kappa shape index (κ2) is 14.1. The first-order chi connectivity index (χ1) is 16.0. The molecule has 2 aromatic carbocycles. The monoisotopic (exact) mass is 530 g/mol. The fraction of sp³-hybridized carbons (Fsp3) is 0.571. The molecule has 34 heavy (non-hydrogen) atoms. The third-order valence-corrected chi connectivity index (χ3v) is 29.1. The van der Waals surface area contributed by atoms with Crippen molar-refractivity contribution in [3.05, 3.63) is 60.7 Å². The number of benzene rings is 2. The van der Waals surface area contributed by atoms with E-state index >= 15 is 0 Å². The quantitative estimate of drug-likeness (QED) is 0.280. The average Bonchev–Trinajstić information content (AvgIpc) is 2.87. The molecule has 0 saturated heterocycles. The second-order valence-corrected chi connectivity index (χ2v) is 29.9. The molecule has 0 radical (unpaired) electrons. The van der Waals surface area contributed by atoms with E-state index in [0.717, 1.165) is 0 Å². The Bertz CT molecular complexity index is 718. The molecule has 0 atom stereocenters. The normalized spacial score (nSPS) is 12.8. The van der Waals surface area contributed by atoms with E-state index in [4.69, 9.17) is 0 Å². The molecule has 0 saturated carbocycles. The van der Waals surface area contributed by atoms with E-state index < -0.39 is 32.9 Å². The molecule has 0 aliphatic heterocycles. The first kappa shape index (κ1) is 31.3. The number of rotatable bonds is 12. The van der Waals surface area contributed by atoms with Gasteiger partial charge in [0.2, 0.25) is 0 Å². The van der Waals surface area contributed by atoms with Gasteiger partial charge in [-0.05, 0) is 46.6 Å². The maximum absolute atomic E-state index is 4.26. The minimum atomic E-state index is -1.59. The van der Waals surface area contributed by atoms with Gasteiger partial charge in [-0.3, -0.25) is 0 Å². The van der Waals surface area contributed by atoms with Crippen LogP contribution in [0.15, 0.2) is 60.7 Å². The van der Waals surface area contributed by atoms with Crippen LogP contribution < -0.4 is 19.7 Å². The van der Waals surface area contributed by atoms with Gasteiger partial charge in [-0.15, -0.1) is 0 Å². The lowest BCUT2D eigenvalue weighted by Gasteiger charge is -2.41. The van der Waals surface area contributed by atoms with Gasteiger partial charge in [-0.2, -0.15) is 0 Å². The summed E-state index contributed by atoms with van der Waals surface area (Å²) in [5.74, 6) is 0. The van der Waals surface area contributed by atoms with Crippen molar-refractivity contribution in [2.45, 2.75) is 104 Å². The van der Waals surface area contributed by atoms with Crippen LogP contribution in [0.5, 0.6) is 0 Å². The maximum Gasteiger partial charge on any atom is 0.145 e. The van der Waals surface area contributed by atoms with Crippen molar-refractivity contribution in [3.8, 4) is 0 Å². The van der Waals surface area contributed by atoms with Crippen LogP contribution >= 0.6 is 0 Å². The Morgan fingerprint density at radius 2 is 0.706 bits per heavy atom. The zero-order valence-corrected chi connectivity index (χ0v) is 28.0. The topological polar surface area (TPSA) is 24.1 Å². The van der Waals surface area contributed by atoms with Gasteiger partial charge in [0.25, 0.3) is 0 Å². The summed E-state index contributed by atoms with van der Waals surface area (Å²) in [6.45, 7) is 24.0. The zero-order valence-electron chi connectivity index (χ0n) is 24.0. The third-order valence-electron chi connectivity index (χ3n) is 8.21. The molecular weight excluding hydrogens is 477 g/mol. The molecule has 0 fully saturated rings. The molecule has 0 heterocycles. The molecule has 0 aromatic heterocycles. The molecule has 0 bridgehead atoms. The van der Waals surface area contributed by atoms with Gasteiger partial charge in [0.15, 0.2) is 0 Å². The van der Waals surface area contributed by atoms with E-state index in [1.165, 1.54) is 46.6 Å². The Morgan fingerprint density at radius 1 is 0.441 bits per heavy atom. The van der Waals surface area contributed by atoms with E-state index in [-0.39, 0.29) is 0 Å². The Balaban J connectivity index is 0.000000352. The predicted octanol–water partition coefficient (Wildman–Crippen LogP) is 7.39. The molecule has 2 N–H and O–H groups in total. The van der Waals surface area contributed by atoms with Crippen LogP contribution in [0.4, 0.5) is 0 Å². The van der Waals surface area contributed by atoms with E-state index in [2.05, 4.69) is 138 Å². The number of hydrogen-bond donors (Lipinski definition) is 2. The fourth-order valence-electron chi connectivity index (χ4n) is 5.23. The van der Waals surface area contributed by atoms with Crippen molar-refractivity contribution in [2.24, 2.45) is 0 Å². The molecule has 0 spiro atoms. The van der Waals surface area contributed by atoms with Gasteiger partial charge in [-0.1, -0.05) is 128 Å². The smallest absolute Gasteiger partial charge is 0.145 e. The minimum Gasteiger partial charge on any atom is -0.359 e. The first-order valence-electron chi connectivity index (χ1n) is 13.7. The summed E-state index contributed by atoms with van der Waals surface area (Å²) in [6, 6.07) is 30.3. The average molecular weight is 531 g/mol. The van der Waals surface area contributed by atoms with Crippen molar-refractivity contribution in [1.29, 1.82) is 0 Å². The van der Waals surface area contributed by atoms with Gasteiger partial charge >= 0.3 is 0 Å². The molecule has 2 nitrogen and oxygen atoms in total. The summed E-state index contributed by atoms with van der Waals surface area (Å²) in [6.07, 6.45) is 0. The van der Waals surface area contributed by atoms with Crippen LogP contribution in [-0.2, 0) is 0 Å². The van der Waals surface area contributed by atoms with Crippen molar-refractivity contribution in [3.63, 3.8) is 0 Å². The summed E-state index contributed by atoms with van der Waals surface area (Å²) < 4.78 is 8.30. The Kier molecular flexibility index (Phi) is 13.0. The van der Waals surface area contributed by atoms with Crippen LogP contribution in [0.2, 0.25) is 62.5 Å². The Labute approximate surface area is 216 Å². The highest BCUT2D eigenvalue weighted by Gasteiger charge is 2.37. The lowest BCUT2D eigenvalue weighted by atomic mass is 10.4. The third kappa shape index (κ3) is 8.71.